The lowest BCUT2D eigenvalue weighted by Gasteiger charge is -2.23. The van der Waals surface area contributed by atoms with Gasteiger partial charge in [-0.05, 0) is 50.8 Å². The van der Waals surface area contributed by atoms with Crippen LogP contribution in [0.2, 0.25) is 0 Å². The van der Waals surface area contributed by atoms with E-state index in [0.717, 1.165) is 12.8 Å². The summed E-state index contributed by atoms with van der Waals surface area (Å²) >= 11 is 0. The van der Waals surface area contributed by atoms with E-state index in [9.17, 15) is 14.7 Å². The van der Waals surface area contributed by atoms with Crippen LogP contribution in [0.3, 0.4) is 0 Å². The van der Waals surface area contributed by atoms with E-state index in [0.29, 0.717) is 16.5 Å². The molecule has 26 heavy (non-hydrogen) atoms. The first-order chi connectivity index (χ1) is 12.5. The van der Waals surface area contributed by atoms with Gasteiger partial charge in [0.25, 0.3) is 5.91 Å². The first kappa shape index (κ1) is 18.0. The summed E-state index contributed by atoms with van der Waals surface area (Å²) in [6, 6.07) is 4.16. The zero-order valence-electron chi connectivity index (χ0n) is 14.6. The molecule has 1 saturated carbocycles. The Morgan fingerprint density at radius 3 is 2.69 bits per heavy atom. The molecule has 0 bridgehead atoms. The first-order valence-corrected chi connectivity index (χ1v) is 8.78. The highest BCUT2D eigenvalue weighted by molar-refractivity contribution is 6.02. The lowest BCUT2D eigenvalue weighted by Crippen LogP contribution is -2.38. The molecule has 7 nitrogen and oxygen atoms in total. The maximum atomic E-state index is 12.1. The highest BCUT2D eigenvalue weighted by Gasteiger charge is 2.21. The Labute approximate surface area is 151 Å². The van der Waals surface area contributed by atoms with Crippen LogP contribution in [0.4, 0.5) is 0 Å². The van der Waals surface area contributed by atoms with Gasteiger partial charge < -0.3 is 20.3 Å². The van der Waals surface area contributed by atoms with Crippen LogP contribution in [0.25, 0.3) is 10.8 Å². The molecule has 0 radical (unpaired) electrons. The highest BCUT2D eigenvalue weighted by atomic mass is 16.5. The molecule has 0 unspecified atom stereocenters. The molecule has 138 valence electrons. The first-order valence-electron chi connectivity index (χ1n) is 8.78. The number of nitrogens with zero attached hydrogens (tertiary/aromatic N) is 1. The Hall–Kier alpha value is -2.83. The molecule has 0 saturated heterocycles. The van der Waals surface area contributed by atoms with Crippen molar-refractivity contribution in [3.63, 3.8) is 0 Å². The molecule has 1 aromatic heterocycles. The van der Waals surface area contributed by atoms with E-state index in [2.05, 4.69) is 10.3 Å². The van der Waals surface area contributed by atoms with Crippen LogP contribution >= 0.6 is 0 Å². The Balaban J connectivity index is 1.81. The van der Waals surface area contributed by atoms with Gasteiger partial charge >= 0.3 is 5.97 Å². The molecular weight excluding hydrogens is 336 g/mol. The number of carboxylic acid groups (broad SMARTS) is 1. The van der Waals surface area contributed by atoms with Crippen molar-refractivity contribution in [2.75, 3.05) is 0 Å². The number of pyridine rings is 1. The molecule has 0 aliphatic heterocycles. The van der Waals surface area contributed by atoms with Gasteiger partial charge in [-0.1, -0.05) is 6.42 Å². The van der Waals surface area contributed by atoms with Gasteiger partial charge in [0.2, 0.25) is 0 Å². The summed E-state index contributed by atoms with van der Waals surface area (Å²) in [4.78, 5) is 27.0. The lowest BCUT2D eigenvalue weighted by molar-refractivity contribution is -0.138. The minimum Gasteiger partial charge on any atom is -0.505 e. The van der Waals surface area contributed by atoms with Crippen LogP contribution in [-0.4, -0.2) is 39.2 Å². The normalized spacial score (nSPS) is 16.2. The summed E-state index contributed by atoms with van der Waals surface area (Å²) in [7, 11) is 0. The molecule has 1 aromatic carbocycles. The van der Waals surface area contributed by atoms with Crippen molar-refractivity contribution < 1.29 is 24.5 Å². The lowest BCUT2D eigenvalue weighted by atomic mass is 9.98. The summed E-state index contributed by atoms with van der Waals surface area (Å²) in [5, 5.41) is 22.6. The second-order valence-electron chi connectivity index (χ2n) is 6.62. The number of nitrogens with one attached hydrogen (secondary N) is 1. The number of aromatic hydroxyl groups is 1. The number of hydrogen-bond acceptors (Lipinski definition) is 5. The highest BCUT2D eigenvalue weighted by Crippen LogP contribution is 2.31. The smallest absolute Gasteiger partial charge is 0.325 e. The minimum atomic E-state index is -1.16. The minimum absolute atomic E-state index is 0.202. The van der Waals surface area contributed by atoms with Gasteiger partial charge in [0.05, 0.1) is 6.10 Å². The van der Waals surface area contributed by atoms with E-state index < -0.39 is 17.9 Å². The maximum Gasteiger partial charge on any atom is 0.325 e. The van der Waals surface area contributed by atoms with Gasteiger partial charge in [0, 0.05) is 17.0 Å². The SMILES string of the molecule is C[C@H](NC(=O)c1ncc2cc(OC3CCCCC3)ccc2c1O)C(=O)O. The van der Waals surface area contributed by atoms with Crippen molar-refractivity contribution in [3.05, 3.63) is 30.1 Å². The van der Waals surface area contributed by atoms with Crippen LogP contribution in [0.1, 0.15) is 49.5 Å². The molecule has 1 atom stereocenters. The van der Waals surface area contributed by atoms with Gasteiger partial charge in [-0.25, -0.2) is 4.98 Å². The third-order valence-electron chi connectivity index (χ3n) is 4.62. The Morgan fingerprint density at radius 2 is 2.00 bits per heavy atom. The van der Waals surface area contributed by atoms with Crippen LogP contribution < -0.4 is 10.1 Å². The number of carboxylic acids is 1. The van der Waals surface area contributed by atoms with Crippen LogP contribution in [0, 0.1) is 0 Å². The molecule has 1 aliphatic rings. The zero-order chi connectivity index (χ0) is 18.7. The van der Waals surface area contributed by atoms with Crippen LogP contribution in [0.15, 0.2) is 24.4 Å². The predicted octanol–water partition coefficient (Wildman–Crippen LogP) is 2.85. The molecule has 3 N–H and O–H groups in total. The van der Waals surface area contributed by atoms with Gasteiger partial charge in [-0.15, -0.1) is 0 Å². The van der Waals surface area contributed by atoms with Gasteiger partial charge in [-0.3, -0.25) is 9.59 Å². The topological polar surface area (TPSA) is 109 Å². The van der Waals surface area contributed by atoms with Gasteiger partial charge in [-0.2, -0.15) is 0 Å². The zero-order valence-corrected chi connectivity index (χ0v) is 14.6. The van der Waals surface area contributed by atoms with E-state index in [1.807, 2.05) is 0 Å². The summed E-state index contributed by atoms with van der Waals surface area (Å²) in [6.07, 6.45) is 7.38. The Morgan fingerprint density at radius 1 is 1.27 bits per heavy atom. The van der Waals surface area contributed by atoms with Gasteiger partial charge in [0.15, 0.2) is 11.4 Å². The van der Waals surface area contributed by atoms with Crippen molar-refractivity contribution >= 4 is 22.6 Å². The monoisotopic (exact) mass is 358 g/mol. The average molecular weight is 358 g/mol. The third kappa shape index (κ3) is 3.87. The van der Waals surface area contributed by atoms with E-state index in [1.165, 1.54) is 32.4 Å². The van der Waals surface area contributed by atoms with Gasteiger partial charge in [0.1, 0.15) is 11.8 Å². The molecule has 1 fully saturated rings. The number of carbonyl (C=O) groups is 2. The standard InChI is InChI=1S/C19H22N2O5/c1-11(19(24)25)21-18(23)16-17(22)15-8-7-14(9-12(15)10-20-16)26-13-5-3-2-4-6-13/h7-11,13,22H,2-6H2,1H3,(H,21,23)(H,24,25)/t11-/m0/s1. The van der Waals surface area contributed by atoms with Crippen molar-refractivity contribution in [1.82, 2.24) is 10.3 Å². The quantitative estimate of drug-likeness (QED) is 0.758. The number of fused-ring (bicyclic) bond motifs is 1. The maximum absolute atomic E-state index is 12.1. The number of carbonyl (C=O) groups excluding carboxylic acids is 1. The number of rotatable bonds is 5. The number of aromatic nitrogens is 1. The molecule has 1 heterocycles. The van der Waals surface area contributed by atoms with Crippen molar-refractivity contribution in [1.29, 1.82) is 0 Å². The molecular formula is C19H22N2O5. The molecule has 7 heteroatoms. The summed E-state index contributed by atoms with van der Waals surface area (Å²) < 4.78 is 6.01. The number of aliphatic carboxylic acids is 1. The van der Waals surface area contributed by atoms with Crippen molar-refractivity contribution in [2.45, 2.75) is 51.2 Å². The Bertz CT molecular complexity index is 830. The van der Waals surface area contributed by atoms with Crippen molar-refractivity contribution in [2.24, 2.45) is 0 Å². The van der Waals surface area contributed by atoms with E-state index in [1.54, 1.807) is 18.2 Å². The fourth-order valence-electron chi connectivity index (χ4n) is 3.13. The largest absolute Gasteiger partial charge is 0.505 e. The molecule has 1 amide bonds. The van der Waals surface area contributed by atoms with Crippen molar-refractivity contribution in [3.8, 4) is 11.5 Å². The van der Waals surface area contributed by atoms with Crippen LogP contribution in [-0.2, 0) is 4.79 Å². The number of ether oxygens (including phenoxy) is 1. The molecule has 2 aromatic rings. The van der Waals surface area contributed by atoms with E-state index in [4.69, 9.17) is 9.84 Å². The molecule has 0 spiro atoms. The number of hydrogen-bond donors (Lipinski definition) is 3. The van der Waals surface area contributed by atoms with E-state index >= 15 is 0 Å². The fraction of sp³-hybridized carbons (Fsp3) is 0.421. The second-order valence-corrected chi connectivity index (χ2v) is 6.62. The second kappa shape index (κ2) is 7.59. The Kier molecular flexibility index (Phi) is 5.25. The van der Waals surface area contributed by atoms with E-state index in [-0.39, 0.29) is 17.5 Å². The summed E-state index contributed by atoms with van der Waals surface area (Å²) in [6.45, 7) is 1.34. The number of amides is 1. The van der Waals surface area contributed by atoms with Crippen LogP contribution in [0.5, 0.6) is 11.5 Å². The number of benzene rings is 1. The molecule has 3 rings (SSSR count). The molecule has 1 aliphatic carbocycles. The summed E-state index contributed by atoms with van der Waals surface area (Å²) in [5.74, 6) is -1.46. The summed E-state index contributed by atoms with van der Waals surface area (Å²) in [5.41, 5.74) is -0.202. The average Bonchev–Trinajstić information content (AvgIpc) is 2.62. The predicted molar refractivity (Wildman–Crippen MR) is 95.5 cm³/mol. The fourth-order valence-corrected chi connectivity index (χ4v) is 3.13. The third-order valence-corrected chi connectivity index (χ3v) is 4.62.